The maximum Gasteiger partial charge on any atom is 0.307 e. The van der Waals surface area contributed by atoms with Crippen LogP contribution in [0, 0.1) is 5.92 Å². The summed E-state index contributed by atoms with van der Waals surface area (Å²) in [6.45, 7) is 2.69. The second-order valence-electron chi connectivity index (χ2n) is 3.85. The number of rotatable bonds is 7. The molecule has 1 atom stereocenters. The van der Waals surface area contributed by atoms with E-state index >= 15 is 0 Å². The second-order valence-corrected chi connectivity index (χ2v) is 8.32. The number of carbonyl (C=O) groups is 1. The van der Waals surface area contributed by atoms with Crippen molar-refractivity contribution in [2.45, 2.75) is 13.8 Å². The molecule has 0 aromatic carbocycles. The topological polar surface area (TPSA) is 109 Å². The second kappa shape index (κ2) is 5.78. The molecule has 0 bridgehead atoms. The van der Waals surface area contributed by atoms with Crippen LogP contribution >= 0.6 is 0 Å². The van der Waals surface area contributed by atoms with E-state index in [1.807, 2.05) is 0 Å². The van der Waals surface area contributed by atoms with E-state index in [1.165, 1.54) is 13.8 Å². The van der Waals surface area contributed by atoms with E-state index in [1.54, 1.807) is 0 Å². The maximum absolute atomic E-state index is 11.7. The molecule has 17 heavy (non-hydrogen) atoms. The zero-order valence-electron chi connectivity index (χ0n) is 9.95. The van der Waals surface area contributed by atoms with Crippen LogP contribution in [0.2, 0.25) is 0 Å². The van der Waals surface area contributed by atoms with Crippen molar-refractivity contribution in [1.29, 1.82) is 0 Å². The highest BCUT2D eigenvalue weighted by Gasteiger charge is 2.28. The van der Waals surface area contributed by atoms with Gasteiger partial charge in [0.1, 0.15) is 0 Å². The van der Waals surface area contributed by atoms with E-state index in [-0.39, 0.29) is 13.1 Å². The fourth-order valence-electron chi connectivity index (χ4n) is 1.17. The number of hydrogen-bond acceptors (Lipinski definition) is 5. The average Bonchev–Trinajstić information content (AvgIpc) is 2.08. The molecule has 1 unspecified atom stereocenters. The molecule has 0 aromatic heterocycles. The number of sulfonamides is 1. The minimum absolute atomic E-state index is 0.0372. The van der Waals surface area contributed by atoms with Gasteiger partial charge in [-0.3, -0.25) is 4.79 Å². The quantitative estimate of drug-likeness (QED) is 0.667. The Labute approximate surface area is 101 Å². The number of carboxylic acid groups (broad SMARTS) is 1. The Balaban J connectivity index is 4.95. The Morgan fingerprint density at radius 1 is 1.29 bits per heavy atom. The zero-order chi connectivity index (χ0) is 13.9. The monoisotopic (exact) mass is 287 g/mol. The van der Waals surface area contributed by atoms with Crippen molar-refractivity contribution in [3.8, 4) is 0 Å². The highest BCUT2D eigenvalue weighted by molar-refractivity contribution is 8.06. The summed E-state index contributed by atoms with van der Waals surface area (Å²) in [6.07, 6.45) is 0.818. The van der Waals surface area contributed by atoms with E-state index in [9.17, 15) is 21.6 Å². The molecule has 0 heterocycles. The molecule has 7 nitrogen and oxygen atoms in total. The van der Waals surface area contributed by atoms with Gasteiger partial charge in [0.25, 0.3) is 0 Å². The van der Waals surface area contributed by atoms with Crippen molar-refractivity contribution in [3.05, 3.63) is 0 Å². The van der Waals surface area contributed by atoms with Crippen LogP contribution < -0.4 is 0 Å². The summed E-state index contributed by atoms with van der Waals surface area (Å²) in [5.41, 5.74) is 0. The average molecular weight is 287 g/mol. The van der Waals surface area contributed by atoms with Crippen molar-refractivity contribution >= 4 is 25.8 Å². The van der Waals surface area contributed by atoms with Gasteiger partial charge in [-0.15, -0.1) is 0 Å². The molecule has 0 radical (unpaired) electrons. The molecular formula is C8H17NO6S2. The minimum Gasteiger partial charge on any atom is -0.481 e. The van der Waals surface area contributed by atoms with Gasteiger partial charge < -0.3 is 5.11 Å². The molecule has 0 rings (SSSR count). The summed E-state index contributed by atoms with van der Waals surface area (Å²) in [4.78, 5) is 10.6. The molecule has 0 saturated carbocycles. The van der Waals surface area contributed by atoms with Gasteiger partial charge >= 0.3 is 5.97 Å². The smallest absolute Gasteiger partial charge is 0.307 e. The zero-order valence-corrected chi connectivity index (χ0v) is 11.6. The van der Waals surface area contributed by atoms with Gasteiger partial charge in [-0.1, -0.05) is 13.8 Å². The van der Waals surface area contributed by atoms with Gasteiger partial charge in [-0.25, -0.2) is 21.1 Å². The summed E-state index contributed by atoms with van der Waals surface area (Å²) in [6, 6.07) is 0. The van der Waals surface area contributed by atoms with Crippen LogP contribution in [0.4, 0.5) is 0 Å². The summed E-state index contributed by atoms with van der Waals surface area (Å²) in [5.74, 6) is -2.01. The summed E-state index contributed by atoms with van der Waals surface area (Å²) in [7, 11) is -7.65. The largest absolute Gasteiger partial charge is 0.481 e. The fraction of sp³-hybridized carbons (Fsp3) is 0.875. The van der Waals surface area contributed by atoms with Crippen molar-refractivity contribution in [2.75, 3.05) is 24.4 Å². The Bertz CT molecular complexity index is 466. The highest BCUT2D eigenvalue weighted by Crippen LogP contribution is 2.08. The van der Waals surface area contributed by atoms with Crippen LogP contribution in [-0.4, -0.2) is 56.6 Å². The standard InChI is InChI=1S/C8H17NO6S2/c1-4-9(5-7(2)8(10)11)17(14,15)6-16(3,12)13/h7H,4-6H2,1-3H3,(H,10,11). The van der Waals surface area contributed by atoms with Gasteiger partial charge in [0, 0.05) is 19.3 Å². The molecule has 102 valence electrons. The molecule has 0 saturated heterocycles. The van der Waals surface area contributed by atoms with Crippen LogP contribution in [0.1, 0.15) is 13.8 Å². The summed E-state index contributed by atoms with van der Waals surface area (Å²) >= 11 is 0. The van der Waals surface area contributed by atoms with Crippen molar-refractivity contribution in [2.24, 2.45) is 5.92 Å². The molecule has 0 aromatic rings. The Hall–Kier alpha value is -0.670. The summed E-state index contributed by atoms with van der Waals surface area (Å²) < 4.78 is 46.2. The molecular weight excluding hydrogens is 270 g/mol. The Morgan fingerprint density at radius 3 is 2.06 bits per heavy atom. The van der Waals surface area contributed by atoms with Crippen LogP contribution in [0.15, 0.2) is 0 Å². The third-order valence-electron chi connectivity index (χ3n) is 2.01. The highest BCUT2D eigenvalue weighted by atomic mass is 32.3. The fourth-order valence-corrected chi connectivity index (χ4v) is 4.77. The number of nitrogens with zero attached hydrogens (tertiary/aromatic N) is 1. The molecule has 0 aliphatic carbocycles. The maximum atomic E-state index is 11.7. The molecule has 0 fully saturated rings. The normalized spacial score (nSPS) is 14.8. The van der Waals surface area contributed by atoms with Crippen molar-refractivity contribution < 1.29 is 26.7 Å². The molecule has 0 aliphatic rings. The van der Waals surface area contributed by atoms with E-state index in [0.717, 1.165) is 10.6 Å². The van der Waals surface area contributed by atoms with Gasteiger partial charge in [0.15, 0.2) is 14.9 Å². The first-order valence-corrected chi connectivity index (χ1v) is 8.55. The van der Waals surface area contributed by atoms with E-state index in [4.69, 9.17) is 5.11 Å². The van der Waals surface area contributed by atoms with E-state index in [2.05, 4.69) is 0 Å². The number of carboxylic acids is 1. The van der Waals surface area contributed by atoms with Crippen LogP contribution in [0.3, 0.4) is 0 Å². The predicted molar refractivity (Wildman–Crippen MR) is 62.7 cm³/mol. The van der Waals surface area contributed by atoms with Crippen LogP contribution in [0.25, 0.3) is 0 Å². The van der Waals surface area contributed by atoms with Crippen LogP contribution in [-0.2, 0) is 24.7 Å². The minimum atomic E-state index is -3.98. The Morgan fingerprint density at radius 2 is 1.76 bits per heavy atom. The molecule has 1 N–H and O–H groups in total. The molecule has 9 heteroatoms. The van der Waals surface area contributed by atoms with Gasteiger partial charge in [0.2, 0.25) is 10.0 Å². The number of aliphatic carboxylic acids is 1. The predicted octanol–water partition coefficient (Wildman–Crippen LogP) is -0.639. The van der Waals surface area contributed by atoms with Crippen molar-refractivity contribution in [1.82, 2.24) is 4.31 Å². The third-order valence-corrected chi connectivity index (χ3v) is 6.11. The lowest BCUT2D eigenvalue weighted by molar-refractivity contribution is -0.141. The van der Waals surface area contributed by atoms with Crippen LogP contribution in [0.5, 0.6) is 0 Å². The lowest BCUT2D eigenvalue weighted by Gasteiger charge is -2.21. The van der Waals surface area contributed by atoms with E-state index in [0.29, 0.717) is 0 Å². The van der Waals surface area contributed by atoms with Gasteiger partial charge in [-0.2, -0.15) is 0 Å². The van der Waals surface area contributed by atoms with E-state index < -0.39 is 36.8 Å². The van der Waals surface area contributed by atoms with Crippen molar-refractivity contribution in [3.63, 3.8) is 0 Å². The lowest BCUT2D eigenvalue weighted by Crippen LogP contribution is -2.39. The molecule has 0 spiro atoms. The number of hydrogen-bond donors (Lipinski definition) is 1. The van der Waals surface area contributed by atoms with Gasteiger partial charge in [0.05, 0.1) is 5.92 Å². The first kappa shape index (κ1) is 16.3. The third kappa shape index (κ3) is 5.99. The Kier molecular flexibility index (Phi) is 5.56. The molecule has 0 amide bonds. The summed E-state index contributed by atoms with van der Waals surface area (Å²) in [5, 5.41) is 7.69. The molecule has 0 aliphatic heterocycles. The first-order chi connectivity index (χ1) is 7.49. The van der Waals surface area contributed by atoms with Gasteiger partial charge in [-0.05, 0) is 0 Å². The lowest BCUT2D eigenvalue weighted by atomic mass is 10.2. The number of sulfone groups is 1. The first-order valence-electron chi connectivity index (χ1n) is 4.88. The SMILES string of the molecule is CCN(CC(C)C(=O)O)S(=O)(=O)CS(C)(=O)=O.